The van der Waals surface area contributed by atoms with Crippen molar-refractivity contribution < 1.29 is 19.4 Å². The van der Waals surface area contributed by atoms with Gasteiger partial charge in [0, 0.05) is 38.4 Å². The molecule has 154 valence electrons. The molecule has 1 aliphatic heterocycles. The van der Waals surface area contributed by atoms with Crippen molar-refractivity contribution in [1.82, 2.24) is 5.01 Å². The molecule has 1 aliphatic carbocycles. The van der Waals surface area contributed by atoms with Gasteiger partial charge in [-0.1, -0.05) is 11.8 Å². The Morgan fingerprint density at radius 1 is 1.25 bits per heavy atom. The first-order chi connectivity index (χ1) is 13.1. The van der Waals surface area contributed by atoms with Crippen LogP contribution in [0, 0.1) is 17.3 Å². The summed E-state index contributed by atoms with van der Waals surface area (Å²) in [5.41, 5.74) is 0.561. The van der Waals surface area contributed by atoms with E-state index in [0.717, 1.165) is 30.6 Å². The van der Waals surface area contributed by atoms with E-state index in [1.54, 1.807) is 0 Å². The standard InChI is InChI=1S/C21H30N2O4S/c1-20(2,3)9-8-16-14-17(18(28-16)19(24)25)23(5)22(4)15-6-10-21(11-7-15)26-12-13-27-21/h14-15H,6-7,10-13H2,1-5H3,(H,24,25). The molecule has 1 saturated heterocycles. The minimum atomic E-state index is -0.917. The third kappa shape index (κ3) is 4.69. The maximum Gasteiger partial charge on any atom is 0.348 e. The Bertz CT molecular complexity index is 771. The van der Waals surface area contributed by atoms with Gasteiger partial charge in [0.2, 0.25) is 0 Å². The monoisotopic (exact) mass is 406 g/mol. The zero-order valence-electron chi connectivity index (χ0n) is 17.4. The van der Waals surface area contributed by atoms with E-state index in [-0.39, 0.29) is 11.2 Å². The van der Waals surface area contributed by atoms with Crippen LogP contribution in [0.3, 0.4) is 0 Å². The van der Waals surface area contributed by atoms with Crippen LogP contribution in [0.2, 0.25) is 0 Å². The zero-order chi connectivity index (χ0) is 20.5. The lowest BCUT2D eigenvalue weighted by atomic mass is 9.90. The summed E-state index contributed by atoms with van der Waals surface area (Å²) in [5.74, 6) is 5.01. The van der Waals surface area contributed by atoms with E-state index in [0.29, 0.717) is 29.8 Å². The van der Waals surface area contributed by atoms with E-state index in [9.17, 15) is 9.90 Å². The van der Waals surface area contributed by atoms with Crippen LogP contribution in [0.25, 0.3) is 0 Å². The highest BCUT2D eigenvalue weighted by Crippen LogP contribution is 2.38. The summed E-state index contributed by atoms with van der Waals surface area (Å²) in [4.78, 5) is 12.9. The van der Waals surface area contributed by atoms with Crippen molar-refractivity contribution in [3.63, 3.8) is 0 Å². The zero-order valence-corrected chi connectivity index (χ0v) is 18.2. The predicted molar refractivity (Wildman–Crippen MR) is 111 cm³/mol. The molecular formula is C21H30N2O4S. The van der Waals surface area contributed by atoms with Crippen molar-refractivity contribution in [2.45, 2.75) is 58.3 Å². The molecule has 2 fully saturated rings. The molecule has 1 aromatic rings. The average Bonchev–Trinajstić information content (AvgIpc) is 3.26. The van der Waals surface area contributed by atoms with Gasteiger partial charge in [0.1, 0.15) is 4.88 Å². The molecule has 3 rings (SSSR count). The molecule has 1 saturated carbocycles. The summed E-state index contributed by atoms with van der Waals surface area (Å²) >= 11 is 1.23. The molecular weight excluding hydrogens is 376 g/mol. The molecule has 28 heavy (non-hydrogen) atoms. The van der Waals surface area contributed by atoms with Crippen LogP contribution >= 0.6 is 11.3 Å². The highest BCUT2D eigenvalue weighted by Gasteiger charge is 2.41. The quantitative estimate of drug-likeness (QED) is 0.606. The van der Waals surface area contributed by atoms with Gasteiger partial charge in [0.05, 0.1) is 23.8 Å². The number of carbonyl (C=O) groups is 1. The normalized spacial score (nSPS) is 19.6. The fourth-order valence-electron chi connectivity index (χ4n) is 3.70. The van der Waals surface area contributed by atoms with Crippen LogP contribution in [0.1, 0.15) is 61.0 Å². The predicted octanol–water partition coefficient (Wildman–Crippen LogP) is 3.81. The second-order valence-corrected chi connectivity index (χ2v) is 9.62. The molecule has 2 heterocycles. The summed E-state index contributed by atoms with van der Waals surface area (Å²) in [6.45, 7) is 7.48. The number of carboxylic acid groups (broad SMARTS) is 1. The molecule has 7 heteroatoms. The van der Waals surface area contributed by atoms with E-state index < -0.39 is 5.97 Å². The maximum atomic E-state index is 11.8. The lowest BCUT2D eigenvalue weighted by molar-refractivity contribution is -0.183. The Labute approximate surface area is 171 Å². The van der Waals surface area contributed by atoms with Crippen LogP contribution in [-0.4, -0.2) is 55.2 Å². The molecule has 0 aromatic carbocycles. The van der Waals surface area contributed by atoms with Gasteiger partial charge in [0.25, 0.3) is 0 Å². The van der Waals surface area contributed by atoms with E-state index >= 15 is 0 Å². The SMILES string of the molecule is CN(c1cc(C#CC(C)(C)C)sc1C(=O)O)N(C)C1CCC2(CC1)OCCO2. The number of anilines is 1. The van der Waals surface area contributed by atoms with Crippen molar-refractivity contribution in [2.24, 2.45) is 5.41 Å². The smallest absolute Gasteiger partial charge is 0.348 e. The van der Waals surface area contributed by atoms with Crippen molar-refractivity contribution >= 4 is 23.0 Å². The molecule has 1 N–H and O–H groups in total. The van der Waals surface area contributed by atoms with E-state index in [2.05, 4.69) is 16.8 Å². The lowest BCUT2D eigenvalue weighted by Gasteiger charge is -2.42. The molecule has 1 aromatic heterocycles. The third-order valence-corrected chi connectivity index (χ3v) is 6.38. The highest BCUT2D eigenvalue weighted by atomic mass is 32.1. The molecule has 2 aliphatic rings. The topological polar surface area (TPSA) is 62.2 Å². The minimum absolute atomic E-state index is 0.126. The van der Waals surface area contributed by atoms with Gasteiger partial charge in [0.15, 0.2) is 5.79 Å². The first kappa shape index (κ1) is 21.1. The molecule has 0 bridgehead atoms. The molecule has 0 amide bonds. The number of hydrazine groups is 1. The fraction of sp³-hybridized carbons (Fsp3) is 0.667. The highest BCUT2D eigenvalue weighted by molar-refractivity contribution is 7.15. The van der Waals surface area contributed by atoms with Gasteiger partial charge in [-0.25, -0.2) is 9.80 Å². The van der Waals surface area contributed by atoms with Crippen molar-refractivity contribution in [2.75, 3.05) is 32.3 Å². The summed E-state index contributed by atoms with van der Waals surface area (Å²) in [6, 6.07) is 2.20. The largest absolute Gasteiger partial charge is 0.477 e. The Morgan fingerprint density at radius 3 is 2.39 bits per heavy atom. The number of ether oxygens (including phenoxy) is 2. The van der Waals surface area contributed by atoms with E-state index in [1.165, 1.54) is 11.3 Å². The first-order valence-electron chi connectivity index (χ1n) is 9.75. The van der Waals surface area contributed by atoms with Gasteiger partial charge in [-0.15, -0.1) is 11.3 Å². The summed E-state index contributed by atoms with van der Waals surface area (Å²) in [6.07, 6.45) is 3.63. The third-order valence-electron chi connectivity index (χ3n) is 5.35. The first-order valence-corrected chi connectivity index (χ1v) is 10.6. The minimum Gasteiger partial charge on any atom is -0.477 e. The Kier molecular flexibility index (Phi) is 6.06. The number of rotatable bonds is 4. The van der Waals surface area contributed by atoms with Crippen LogP contribution in [0.15, 0.2) is 6.07 Å². The fourth-order valence-corrected chi connectivity index (χ4v) is 4.58. The average molecular weight is 407 g/mol. The molecule has 1 spiro atoms. The number of aromatic carboxylic acids is 1. The maximum absolute atomic E-state index is 11.8. The molecule has 0 unspecified atom stereocenters. The Balaban J connectivity index is 1.75. The second kappa shape index (κ2) is 8.03. The van der Waals surface area contributed by atoms with Crippen LogP contribution in [0.5, 0.6) is 0 Å². The Hall–Kier alpha value is -1.59. The molecule has 0 radical (unpaired) electrons. The number of thiophene rings is 1. The van der Waals surface area contributed by atoms with Crippen LogP contribution in [-0.2, 0) is 9.47 Å². The number of hydrogen-bond acceptors (Lipinski definition) is 6. The van der Waals surface area contributed by atoms with Gasteiger partial charge in [-0.05, 0) is 39.7 Å². The van der Waals surface area contributed by atoms with Gasteiger partial charge in [-0.2, -0.15) is 0 Å². The molecule has 6 nitrogen and oxygen atoms in total. The van der Waals surface area contributed by atoms with Crippen molar-refractivity contribution in [3.05, 3.63) is 15.8 Å². The van der Waals surface area contributed by atoms with Crippen LogP contribution < -0.4 is 5.01 Å². The lowest BCUT2D eigenvalue weighted by Crippen LogP contribution is -2.49. The van der Waals surface area contributed by atoms with Gasteiger partial charge >= 0.3 is 5.97 Å². The van der Waals surface area contributed by atoms with Crippen LogP contribution in [0.4, 0.5) is 5.69 Å². The second-order valence-electron chi connectivity index (χ2n) is 8.57. The van der Waals surface area contributed by atoms with E-state index in [1.807, 2.05) is 45.9 Å². The number of nitrogens with zero attached hydrogens (tertiary/aromatic N) is 2. The Morgan fingerprint density at radius 2 is 1.86 bits per heavy atom. The van der Waals surface area contributed by atoms with Gasteiger partial charge in [-0.3, -0.25) is 0 Å². The van der Waals surface area contributed by atoms with Gasteiger partial charge < -0.3 is 19.6 Å². The van der Waals surface area contributed by atoms with E-state index in [4.69, 9.17) is 9.47 Å². The number of hydrogen-bond donors (Lipinski definition) is 1. The summed E-state index contributed by atoms with van der Waals surface area (Å²) in [5, 5.41) is 13.8. The molecule has 0 atom stereocenters. The van der Waals surface area contributed by atoms with Crippen molar-refractivity contribution in [3.8, 4) is 11.8 Å². The number of carboxylic acids is 1. The van der Waals surface area contributed by atoms with Crippen molar-refractivity contribution in [1.29, 1.82) is 0 Å². The summed E-state index contributed by atoms with van der Waals surface area (Å²) in [7, 11) is 3.94. The summed E-state index contributed by atoms with van der Waals surface area (Å²) < 4.78 is 11.6.